The number of thiophene rings is 1. The second-order valence-electron chi connectivity index (χ2n) is 24.9. The van der Waals surface area contributed by atoms with Gasteiger partial charge in [0.05, 0.1) is 27.2 Å². The summed E-state index contributed by atoms with van der Waals surface area (Å²) >= 11 is 1.90. The minimum atomic E-state index is -0.373. The van der Waals surface area contributed by atoms with Gasteiger partial charge in [-0.05, 0) is 173 Å². The van der Waals surface area contributed by atoms with E-state index < -0.39 is 0 Å². The predicted molar refractivity (Wildman–Crippen MR) is 350 cm³/mol. The largest absolute Gasteiger partial charge is 0.295 e. The maximum atomic E-state index is 5.88. The molecule has 5 aliphatic rings. The van der Waals surface area contributed by atoms with Crippen molar-refractivity contribution in [2.75, 3.05) is 0 Å². The number of imidazole rings is 1. The third kappa shape index (κ3) is 7.17. The van der Waals surface area contributed by atoms with Gasteiger partial charge in [0.1, 0.15) is 0 Å². The molecule has 0 amide bonds. The first-order valence-corrected chi connectivity index (χ1v) is 30.9. The minimum absolute atomic E-state index is 0.193. The number of rotatable bonds is 6. The molecule has 0 fully saturated rings. The summed E-state index contributed by atoms with van der Waals surface area (Å²) in [4.78, 5) is 5.88. The molecule has 17 rings (SSSR count). The van der Waals surface area contributed by atoms with E-state index in [1.807, 2.05) is 11.3 Å². The van der Waals surface area contributed by atoms with Crippen molar-refractivity contribution in [1.29, 1.82) is 0 Å². The number of hydrogen-bond donors (Lipinski definition) is 0. The molecule has 0 aliphatic heterocycles. The first-order chi connectivity index (χ1) is 40.7. The van der Waals surface area contributed by atoms with Crippen LogP contribution >= 0.6 is 11.3 Å². The predicted octanol–water partition coefficient (Wildman–Crippen LogP) is 21.1. The van der Waals surface area contributed by atoms with E-state index in [1.54, 1.807) is 0 Å². The Morgan fingerprint density at radius 1 is 0.542 bits per heavy atom. The monoisotopic (exact) mass is 1080 g/mol. The van der Waals surface area contributed by atoms with Crippen LogP contribution in [-0.2, 0) is 10.8 Å². The Hall–Kier alpha value is -8.89. The molecule has 398 valence electrons. The van der Waals surface area contributed by atoms with Gasteiger partial charge in [0.15, 0.2) is 5.65 Å². The third-order valence-corrected chi connectivity index (χ3v) is 21.1. The van der Waals surface area contributed by atoms with Gasteiger partial charge >= 0.3 is 0 Å². The molecule has 5 atom stereocenters. The highest BCUT2D eigenvalue weighted by Gasteiger charge is 2.50. The van der Waals surface area contributed by atoms with Crippen LogP contribution in [0.5, 0.6) is 0 Å². The van der Waals surface area contributed by atoms with Gasteiger partial charge in [0, 0.05) is 20.9 Å². The van der Waals surface area contributed by atoms with E-state index >= 15 is 0 Å². The van der Waals surface area contributed by atoms with Gasteiger partial charge in [-0.15, -0.1) is 11.3 Å². The summed E-state index contributed by atoms with van der Waals surface area (Å²) in [5, 5.41) is 7.65. The van der Waals surface area contributed by atoms with Crippen molar-refractivity contribution in [3.8, 4) is 33.5 Å². The molecule has 12 aromatic rings. The van der Waals surface area contributed by atoms with Gasteiger partial charge in [-0.1, -0.05) is 245 Å². The molecular formula is C80H62N2S. The van der Waals surface area contributed by atoms with Crippen molar-refractivity contribution in [1.82, 2.24) is 9.38 Å². The van der Waals surface area contributed by atoms with Crippen molar-refractivity contribution < 1.29 is 0 Å². The van der Waals surface area contributed by atoms with Crippen LogP contribution in [0.1, 0.15) is 92.1 Å². The van der Waals surface area contributed by atoms with Crippen LogP contribution in [0, 0.1) is 17.8 Å². The first kappa shape index (κ1) is 48.8. The normalized spacial score (nSPS) is 21.4. The lowest BCUT2D eigenvalue weighted by Crippen LogP contribution is -2.38. The van der Waals surface area contributed by atoms with Crippen LogP contribution in [0.15, 0.2) is 259 Å². The summed E-state index contributed by atoms with van der Waals surface area (Å²) in [6.45, 7) is 9.66. The lowest BCUT2D eigenvalue weighted by atomic mass is 9.60. The van der Waals surface area contributed by atoms with Gasteiger partial charge in [-0.25, -0.2) is 4.98 Å². The summed E-state index contributed by atoms with van der Waals surface area (Å²) in [6, 6.07) is 80.3. The van der Waals surface area contributed by atoms with Gasteiger partial charge < -0.3 is 0 Å². The van der Waals surface area contributed by atoms with Crippen LogP contribution < -0.4 is 0 Å². The van der Waals surface area contributed by atoms with Gasteiger partial charge in [-0.3, -0.25) is 4.40 Å². The molecule has 0 N–H and O–H groups in total. The molecule has 2 nitrogen and oxygen atoms in total. The van der Waals surface area contributed by atoms with Crippen molar-refractivity contribution in [2.45, 2.75) is 63.7 Å². The Bertz CT molecular complexity index is 4830. The zero-order valence-electron chi connectivity index (χ0n) is 47.3. The molecule has 3 heterocycles. The molecule has 5 unspecified atom stereocenters. The molecule has 9 aromatic carbocycles. The average molecular weight is 1080 g/mol. The molecule has 3 aromatic heterocycles. The van der Waals surface area contributed by atoms with Crippen LogP contribution in [0.3, 0.4) is 0 Å². The Balaban J connectivity index is 0.760. The summed E-state index contributed by atoms with van der Waals surface area (Å²) in [7, 11) is 0. The van der Waals surface area contributed by atoms with E-state index in [9.17, 15) is 0 Å². The van der Waals surface area contributed by atoms with E-state index in [4.69, 9.17) is 4.98 Å². The lowest BCUT2D eigenvalue weighted by molar-refractivity contribution is 0.330. The van der Waals surface area contributed by atoms with Crippen molar-refractivity contribution in [3.05, 3.63) is 299 Å². The topological polar surface area (TPSA) is 17.3 Å². The molecule has 3 heteroatoms. The molecular weight excluding hydrogens is 1020 g/mol. The number of benzene rings is 9. The highest BCUT2D eigenvalue weighted by atomic mass is 32.1. The number of hydrogen-bond acceptors (Lipinski definition) is 2. The second kappa shape index (κ2) is 18.3. The number of nitrogens with zero attached hydrogens (tertiary/aromatic N) is 2. The summed E-state index contributed by atoms with van der Waals surface area (Å²) in [6.07, 6.45) is 15.7. The van der Waals surface area contributed by atoms with E-state index in [0.717, 1.165) is 24.9 Å². The summed E-state index contributed by atoms with van der Waals surface area (Å²) in [5.74, 6) is 1.63. The van der Waals surface area contributed by atoms with E-state index in [0.29, 0.717) is 23.7 Å². The Morgan fingerprint density at radius 2 is 1.16 bits per heavy atom. The molecule has 0 saturated carbocycles. The van der Waals surface area contributed by atoms with Crippen molar-refractivity contribution in [2.24, 2.45) is 17.8 Å². The molecule has 0 radical (unpaired) electrons. The number of fused-ring (bicyclic) bond motifs is 14. The van der Waals surface area contributed by atoms with E-state index in [1.165, 1.54) is 142 Å². The van der Waals surface area contributed by atoms with Crippen molar-refractivity contribution in [3.63, 3.8) is 0 Å². The smallest absolute Gasteiger partial charge is 0.155 e. The van der Waals surface area contributed by atoms with Crippen LogP contribution in [0.2, 0.25) is 0 Å². The summed E-state index contributed by atoms with van der Waals surface area (Å²) in [5.41, 5.74) is 24.2. The second-order valence-corrected chi connectivity index (χ2v) is 26.0. The van der Waals surface area contributed by atoms with Crippen LogP contribution in [-0.4, -0.2) is 9.38 Å². The maximum Gasteiger partial charge on any atom is 0.155 e. The number of allylic oxidation sites excluding steroid dienone is 10. The van der Waals surface area contributed by atoms with Gasteiger partial charge in [0.2, 0.25) is 0 Å². The lowest BCUT2D eigenvalue weighted by Gasteiger charge is -2.43. The van der Waals surface area contributed by atoms with Gasteiger partial charge in [0.25, 0.3) is 0 Å². The first-order valence-electron chi connectivity index (χ1n) is 30.0. The molecule has 5 aliphatic carbocycles. The fourth-order valence-electron chi connectivity index (χ4n) is 16.1. The van der Waals surface area contributed by atoms with E-state index in [2.05, 4.69) is 275 Å². The van der Waals surface area contributed by atoms with Gasteiger partial charge in [-0.2, -0.15) is 0 Å². The molecule has 0 bridgehead atoms. The highest BCUT2D eigenvalue weighted by molar-refractivity contribution is 7.26. The van der Waals surface area contributed by atoms with Crippen LogP contribution in [0.25, 0.3) is 92.0 Å². The fourth-order valence-corrected chi connectivity index (χ4v) is 17.3. The molecule has 0 spiro atoms. The number of aromatic nitrogens is 2. The van der Waals surface area contributed by atoms with E-state index in [-0.39, 0.29) is 10.8 Å². The Morgan fingerprint density at radius 3 is 1.86 bits per heavy atom. The zero-order chi connectivity index (χ0) is 55.3. The standard InChI is InChI=1S/C80H62N2S/c1-48-27-28-57-43-61-42-50(3)75-77(79(61,4)47-58(57)39-48)81-78-76-69(68-44-55-17-11-12-18-56(55)45-73(68)83-76)46-72(82(75)78)54-35-33-52(34-36-54)63-38-37-62(64-23-13-14-24-65(63)64)51-29-31-53(32-30-51)67-40-49(2)41-71-74(67)66-25-15-16-26-70(66)80(71,59-19-7-5-8-20-59)60-21-9-6-10-22-60/h5-38,40,43-50,61H,39,41-42H2,1-4H3. The molecule has 83 heavy (non-hydrogen) atoms. The zero-order valence-corrected chi connectivity index (χ0v) is 48.1. The maximum absolute atomic E-state index is 5.88. The number of pyridine rings is 1. The fraction of sp³-hybridized carbons (Fsp3) is 0.163. The minimum Gasteiger partial charge on any atom is -0.295 e. The third-order valence-electron chi connectivity index (χ3n) is 19.9. The Kier molecular flexibility index (Phi) is 10.8. The van der Waals surface area contributed by atoms with Crippen molar-refractivity contribution >= 4 is 69.8 Å². The quantitative estimate of drug-likeness (QED) is 0.162. The highest BCUT2D eigenvalue weighted by Crippen LogP contribution is 2.61. The molecule has 0 saturated heterocycles. The SMILES string of the molecule is CC1C=CC2=CC3CC(C)c4c(nc5c6sc7cc8ccccc8cc7c6cc(-c6ccc(-c7ccc(-c8ccc(C9=CC(C)CC%10=C9c9ccccc9C%10(c9ccccc9)c9ccccc9)cc8)c8ccccc78)cc6)n45)C3(C)C=C2C1. The summed E-state index contributed by atoms with van der Waals surface area (Å²) < 4.78 is 5.17. The Labute approximate surface area is 489 Å². The van der Waals surface area contributed by atoms with Crippen LogP contribution in [0.4, 0.5) is 0 Å². The average Bonchev–Trinajstić information content (AvgIpc) is 1.69.